The number of likely N-dealkylation sites (tertiary alicyclic amines) is 1. The summed E-state index contributed by atoms with van der Waals surface area (Å²) in [6, 6.07) is 9.44. The number of pyridine rings is 1. The number of carbonyl (C=O) groups is 1. The number of nitrogens with zero attached hydrogens (tertiary/aromatic N) is 4. The van der Waals surface area contributed by atoms with Gasteiger partial charge in [-0.25, -0.2) is 8.78 Å². The molecular weight excluding hydrogens is 370 g/mol. The van der Waals surface area contributed by atoms with E-state index in [9.17, 15) is 13.6 Å². The van der Waals surface area contributed by atoms with E-state index >= 15 is 0 Å². The van der Waals surface area contributed by atoms with Crippen LogP contribution in [0.5, 0.6) is 0 Å². The van der Waals surface area contributed by atoms with E-state index in [4.69, 9.17) is 0 Å². The summed E-state index contributed by atoms with van der Waals surface area (Å²) in [6.07, 6.45) is 3.79. The number of piperidine rings is 1. The Hall–Kier alpha value is -2.48. The van der Waals surface area contributed by atoms with Crippen LogP contribution in [0.2, 0.25) is 0 Å². The van der Waals surface area contributed by atoms with Gasteiger partial charge in [-0.1, -0.05) is 6.07 Å². The zero-order valence-electron chi connectivity index (χ0n) is 14.5. The normalized spacial score (nSPS) is 17.4. The molecule has 5 nitrogen and oxygen atoms in total. The minimum absolute atomic E-state index is 0.0109. The number of aromatic nitrogens is 3. The second-order valence-corrected chi connectivity index (χ2v) is 7.58. The van der Waals surface area contributed by atoms with E-state index in [0.29, 0.717) is 18.0 Å². The lowest BCUT2D eigenvalue weighted by atomic mass is 9.97. The third kappa shape index (κ3) is 3.80. The van der Waals surface area contributed by atoms with Gasteiger partial charge < -0.3 is 4.90 Å². The zero-order valence-corrected chi connectivity index (χ0v) is 15.3. The number of fused-ring (bicyclic) bond motifs is 1. The summed E-state index contributed by atoms with van der Waals surface area (Å²) in [5.41, 5.74) is 0.796. The quantitative estimate of drug-likeness (QED) is 0.642. The van der Waals surface area contributed by atoms with Crippen LogP contribution in [0.15, 0.2) is 47.5 Å². The van der Waals surface area contributed by atoms with Crippen LogP contribution in [-0.2, 0) is 4.79 Å². The van der Waals surface area contributed by atoms with Crippen molar-refractivity contribution in [2.24, 2.45) is 0 Å². The van der Waals surface area contributed by atoms with Crippen LogP contribution in [0.25, 0.3) is 5.65 Å². The van der Waals surface area contributed by atoms with E-state index in [1.54, 1.807) is 0 Å². The standard InChI is InChI=1S/C19H18F2N4OS/c20-15-7-6-14(10-16(15)21)27-12-18(26)24-8-3-4-13(11-24)19-23-22-17-5-1-2-9-25(17)19/h1-2,5-7,9-10,13H,3-4,8,11-12H2/t13-/m1/s1. The lowest BCUT2D eigenvalue weighted by Gasteiger charge is -2.32. The van der Waals surface area contributed by atoms with E-state index in [1.807, 2.05) is 33.7 Å². The number of thioether (sulfide) groups is 1. The summed E-state index contributed by atoms with van der Waals surface area (Å²) in [7, 11) is 0. The molecule has 3 heterocycles. The highest BCUT2D eigenvalue weighted by atomic mass is 32.2. The number of hydrogen-bond donors (Lipinski definition) is 0. The van der Waals surface area contributed by atoms with Crippen molar-refractivity contribution in [2.75, 3.05) is 18.8 Å². The molecule has 27 heavy (non-hydrogen) atoms. The maximum absolute atomic E-state index is 13.3. The van der Waals surface area contributed by atoms with Crippen molar-refractivity contribution in [3.63, 3.8) is 0 Å². The van der Waals surface area contributed by atoms with Gasteiger partial charge in [0.15, 0.2) is 17.3 Å². The third-order valence-corrected chi connectivity index (χ3v) is 5.71. The Balaban J connectivity index is 1.41. The van der Waals surface area contributed by atoms with Crippen LogP contribution in [0.3, 0.4) is 0 Å². The number of amides is 1. The smallest absolute Gasteiger partial charge is 0.232 e. The highest BCUT2D eigenvalue weighted by Gasteiger charge is 2.27. The van der Waals surface area contributed by atoms with Gasteiger partial charge in [0.1, 0.15) is 5.82 Å². The van der Waals surface area contributed by atoms with E-state index in [1.165, 1.54) is 17.8 Å². The molecule has 1 amide bonds. The Morgan fingerprint density at radius 3 is 2.93 bits per heavy atom. The van der Waals surface area contributed by atoms with Crippen molar-refractivity contribution in [1.29, 1.82) is 0 Å². The molecule has 0 spiro atoms. The highest BCUT2D eigenvalue weighted by Crippen LogP contribution is 2.27. The van der Waals surface area contributed by atoms with Crippen LogP contribution in [0.1, 0.15) is 24.6 Å². The Morgan fingerprint density at radius 2 is 2.07 bits per heavy atom. The van der Waals surface area contributed by atoms with Gasteiger partial charge in [0.05, 0.1) is 5.75 Å². The first-order chi connectivity index (χ1) is 13.1. The zero-order chi connectivity index (χ0) is 18.8. The molecule has 1 aromatic carbocycles. The van der Waals surface area contributed by atoms with Gasteiger partial charge in [0.2, 0.25) is 5.91 Å². The molecule has 1 aliphatic rings. The first-order valence-electron chi connectivity index (χ1n) is 8.77. The average Bonchev–Trinajstić information content (AvgIpc) is 3.13. The van der Waals surface area contributed by atoms with Crippen LogP contribution in [0.4, 0.5) is 8.78 Å². The first kappa shape index (κ1) is 17.9. The summed E-state index contributed by atoms with van der Waals surface area (Å²) in [6.45, 7) is 1.29. The Labute approximate surface area is 159 Å². The second kappa shape index (κ2) is 7.64. The van der Waals surface area contributed by atoms with Crippen LogP contribution >= 0.6 is 11.8 Å². The predicted octanol–water partition coefficient (Wildman–Crippen LogP) is 3.51. The average molecular weight is 388 g/mol. The van der Waals surface area contributed by atoms with E-state index in [-0.39, 0.29) is 17.6 Å². The molecule has 2 aromatic heterocycles. The molecular formula is C19H18F2N4OS. The minimum Gasteiger partial charge on any atom is -0.341 e. The minimum atomic E-state index is -0.899. The molecule has 0 unspecified atom stereocenters. The Morgan fingerprint density at radius 1 is 1.19 bits per heavy atom. The van der Waals surface area contributed by atoms with Gasteiger partial charge >= 0.3 is 0 Å². The molecule has 3 aromatic rings. The van der Waals surface area contributed by atoms with Crippen molar-refractivity contribution >= 4 is 23.3 Å². The summed E-state index contributed by atoms with van der Waals surface area (Å²) in [5, 5.41) is 8.51. The summed E-state index contributed by atoms with van der Waals surface area (Å²) in [4.78, 5) is 15.0. The molecule has 4 rings (SSSR count). The molecule has 1 aliphatic heterocycles. The van der Waals surface area contributed by atoms with Crippen LogP contribution in [-0.4, -0.2) is 44.2 Å². The third-order valence-electron chi connectivity index (χ3n) is 4.73. The van der Waals surface area contributed by atoms with Crippen molar-refractivity contribution < 1.29 is 13.6 Å². The molecule has 1 fully saturated rings. The fourth-order valence-corrected chi connectivity index (χ4v) is 4.18. The lowest BCUT2D eigenvalue weighted by Crippen LogP contribution is -2.40. The molecule has 8 heteroatoms. The first-order valence-corrected chi connectivity index (χ1v) is 9.75. The van der Waals surface area contributed by atoms with E-state index < -0.39 is 11.6 Å². The maximum Gasteiger partial charge on any atom is 0.232 e. The number of benzene rings is 1. The van der Waals surface area contributed by atoms with Crippen LogP contribution < -0.4 is 0 Å². The van der Waals surface area contributed by atoms with Crippen molar-refractivity contribution in [2.45, 2.75) is 23.7 Å². The van der Waals surface area contributed by atoms with Crippen molar-refractivity contribution in [1.82, 2.24) is 19.5 Å². The van der Waals surface area contributed by atoms with Gasteiger partial charge in [-0.2, -0.15) is 0 Å². The van der Waals surface area contributed by atoms with E-state index in [0.717, 1.165) is 36.4 Å². The molecule has 1 atom stereocenters. The number of halogens is 2. The monoisotopic (exact) mass is 388 g/mol. The molecule has 0 saturated carbocycles. The largest absolute Gasteiger partial charge is 0.341 e. The molecule has 0 aliphatic carbocycles. The maximum atomic E-state index is 13.3. The van der Waals surface area contributed by atoms with Crippen molar-refractivity contribution in [3.05, 3.63) is 60.1 Å². The number of rotatable bonds is 4. The number of hydrogen-bond acceptors (Lipinski definition) is 4. The van der Waals surface area contributed by atoms with Gasteiger partial charge in [-0.05, 0) is 43.2 Å². The molecule has 0 N–H and O–H groups in total. The lowest BCUT2D eigenvalue weighted by molar-refractivity contribution is -0.129. The predicted molar refractivity (Wildman–Crippen MR) is 98.6 cm³/mol. The molecule has 0 radical (unpaired) electrons. The van der Waals surface area contributed by atoms with Gasteiger partial charge in [0.25, 0.3) is 0 Å². The Bertz CT molecular complexity index is 977. The highest BCUT2D eigenvalue weighted by molar-refractivity contribution is 8.00. The SMILES string of the molecule is O=C(CSc1ccc(F)c(F)c1)N1CCC[C@@H](c2nnc3ccccn23)C1. The fourth-order valence-electron chi connectivity index (χ4n) is 3.36. The summed E-state index contributed by atoms with van der Waals surface area (Å²) < 4.78 is 28.3. The fraction of sp³-hybridized carbons (Fsp3) is 0.316. The summed E-state index contributed by atoms with van der Waals surface area (Å²) >= 11 is 1.22. The molecule has 0 bridgehead atoms. The Kier molecular flexibility index (Phi) is 5.07. The molecule has 140 valence electrons. The molecule has 1 saturated heterocycles. The van der Waals surface area contributed by atoms with Gasteiger partial charge in [-0.3, -0.25) is 9.20 Å². The van der Waals surface area contributed by atoms with Crippen molar-refractivity contribution in [3.8, 4) is 0 Å². The van der Waals surface area contributed by atoms with Gasteiger partial charge in [0, 0.05) is 30.1 Å². The van der Waals surface area contributed by atoms with E-state index in [2.05, 4.69) is 10.2 Å². The van der Waals surface area contributed by atoms with Crippen LogP contribution in [0, 0.1) is 11.6 Å². The number of carbonyl (C=O) groups excluding carboxylic acids is 1. The second-order valence-electron chi connectivity index (χ2n) is 6.53. The topological polar surface area (TPSA) is 50.5 Å². The van der Waals surface area contributed by atoms with Gasteiger partial charge in [-0.15, -0.1) is 22.0 Å². The summed E-state index contributed by atoms with van der Waals surface area (Å²) in [5.74, 6) is -0.597.